The first kappa shape index (κ1) is 18.6. The van der Waals surface area contributed by atoms with Crippen molar-refractivity contribution in [2.24, 2.45) is 0 Å². The number of halogens is 1. The minimum Gasteiger partial charge on any atom is -0.497 e. The van der Waals surface area contributed by atoms with Crippen LogP contribution in [0.5, 0.6) is 17.2 Å². The van der Waals surface area contributed by atoms with E-state index in [0.29, 0.717) is 6.61 Å². The Morgan fingerprint density at radius 1 is 1.00 bits per heavy atom. The molecule has 0 saturated heterocycles. The van der Waals surface area contributed by atoms with E-state index >= 15 is 0 Å². The van der Waals surface area contributed by atoms with Crippen LogP contribution in [0.4, 0.5) is 0 Å². The molecule has 0 aliphatic heterocycles. The molecule has 0 heterocycles. The van der Waals surface area contributed by atoms with Crippen molar-refractivity contribution in [2.75, 3.05) is 27.4 Å². The van der Waals surface area contributed by atoms with Crippen LogP contribution in [0.3, 0.4) is 0 Å². The van der Waals surface area contributed by atoms with Crippen molar-refractivity contribution in [3.63, 3.8) is 0 Å². The molecule has 0 aliphatic rings. The maximum atomic E-state index is 5.58. The second-order valence-electron chi connectivity index (χ2n) is 5.30. The van der Waals surface area contributed by atoms with Gasteiger partial charge in [-0.3, -0.25) is 0 Å². The second-order valence-corrected chi connectivity index (χ2v) is 6.16. The minimum absolute atomic E-state index is 0.613. The molecule has 0 saturated carbocycles. The lowest BCUT2D eigenvalue weighted by molar-refractivity contribution is 0.310. The molecule has 0 amide bonds. The highest BCUT2D eigenvalue weighted by Crippen LogP contribution is 2.33. The molecule has 0 fully saturated rings. The van der Waals surface area contributed by atoms with Gasteiger partial charge in [0.1, 0.15) is 5.75 Å². The SMILES string of the molecule is CCOc1cc(Br)c(CNCCc2ccc(OC)cc2)cc1OC. The van der Waals surface area contributed by atoms with Crippen molar-refractivity contribution in [1.29, 1.82) is 0 Å². The molecule has 2 rings (SSSR count). The highest BCUT2D eigenvalue weighted by Gasteiger charge is 2.09. The molecule has 130 valence electrons. The molecule has 0 atom stereocenters. The Hall–Kier alpha value is -1.72. The van der Waals surface area contributed by atoms with Crippen molar-refractivity contribution in [2.45, 2.75) is 19.9 Å². The summed E-state index contributed by atoms with van der Waals surface area (Å²) in [6.45, 7) is 4.23. The van der Waals surface area contributed by atoms with E-state index in [2.05, 4.69) is 33.4 Å². The summed E-state index contributed by atoms with van der Waals surface area (Å²) >= 11 is 3.60. The molecule has 2 aromatic rings. The van der Waals surface area contributed by atoms with Crippen LogP contribution in [0.1, 0.15) is 18.1 Å². The van der Waals surface area contributed by atoms with Gasteiger partial charge >= 0.3 is 0 Å². The van der Waals surface area contributed by atoms with E-state index in [9.17, 15) is 0 Å². The first-order chi connectivity index (χ1) is 11.7. The van der Waals surface area contributed by atoms with Crippen LogP contribution in [0.2, 0.25) is 0 Å². The molecule has 0 unspecified atom stereocenters. The van der Waals surface area contributed by atoms with Gasteiger partial charge in [-0.2, -0.15) is 0 Å². The van der Waals surface area contributed by atoms with Crippen LogP contribution in [0.15, 0.2) is 40.9 Å². The topological polar surface area (TPSA) is 39.7 Å². The fraction of sp³-hybridized carbons (Fsp3) is 0.368. The van der Waals surface area contributed by atoms with Gasteiger partial charge in [0.2, 0.25) is 0 Å². The number of hydrogen-bond acceptors (Lipinski definition) is 4. The molecular formula is C19H24BrNO3. The van der Waals surface area contributed by atoms with Crippen molar-refractivity contribution in [3.8, 4) is 17.2 Å². The van der Waals surface area contributed by atoms with Crippen LogP contribution in [-0.2, 0) is 13.0 Å². The Bertz CT molecular complexity index is 644. The predicted molar refractivity (Wildman–Crippen MR) is 100 cm³/mol. The van der Waals surface area contributed by atoms with E-state index in [1.165, 1.54) is 5.56 Å². The third-order valence-electron chi connectivity index (χ3n) is 3.70. The lowest BCUT2D eigenvalue weighted by Gasteiger charge is -2.13. The second kappa shape index (κ2) is 9.55. The van der Waals surface area contributed by atoms with Gasteiger partial charge in [-0.1, -0.05) is 28.1 Å². The van der Waals surface area contributed by atoms with Crippen molar-refractivity contribution in [3.05, 3.63) is 52.0 Å². The highest BCUT2D eigenvalue weighted by molar-refractivity contribution is 9.10. The zero-order valence-corrected chi connectivity index (χ0v) is 16.0. The van der Waals surface area contributed by atoms with Gasteiger partial charge < -0.3 is 19.5 Å². The van der Waals surface area contributed by atoms with Gasteiger partial charge in [0, 0.05) is 11.0 Å². The molecule has 0 aliphatic carbocycles. The number of benzene rings is 2. The van der Waals surface area contributed by atoms with E-state index in [1.54, 1.807) is 14.2 Å². The standard InChI is InChI=1S/C19H24BrNO3/c1-4-24-19-12-17(20)15(11-18(19)23-3)13-21-10-9-14-5-7-16(22-2)8-6-14/h5-8,11-12,21H,4,9-10,13H2,1-3H3. The molecule has 24 heavy (non-hydrogen) atoms. The van der Waals surface area contributed by atoms with E-state index < -0.39 is 0 Å². The summed E-state index contributed by atoms with van der Waals surface area (Å²) in [5.74, 6) is 2.40. The van der Waals surface area contributed by atoms with Crippen molar-refractivity contribution < 1.29 is 14.2 Å². The van der Waals surface area contributed by atoms with E-state index in [0.717, 1.165) is 46.8 Å². The van der Waals surface area contributed by atoms with Crippen LogP contribution in [0, 0.1) is 0 Å². The first-order valence-electron chi connectivity index (χ1n) is 8.00. The quantitative estimate of drug-likeness (QED) is 0.648. The molecule has 0 spiro atoms. The maximum absolute atomic E-state index is 5.58. The summed E-state index contributed by atoms with van der Waals surface area (Å²) in [4.78, 5) is 0. The van der Waals surface area contributed by atoms with Gasteiger partial charge in [-0.25, -0.2) is 0 Å². The number of rotatable bonds is 9. The Kier molecular flexibility index (Phi) is 7.40. The Labute approximate surface area is 152 Å². The summed E-state index contributed by atoms with van der Waals surface area (Å²) in [6.07, 6.45) is 0.968. The first-order valence-corrected chi connectivity index (χ1v) is 8.80. The molecule has 0 aromatic heterocycles. The monoisotopic (exact) mass is 393 g/mol. The summed E-state index contributed by atoms with van der Waals surface area (Å²) < 4.78 is 17.2. The van der Waals surface area contributed by atoms with E-state index in [4.69, 9.17) is 14.2 Å². The van der Waals surface area contributed by atoms with Crippen LogP contribution in [-0.4, -0.2) is 27.4 Å². The van der Waals surface area contributed by atoms with Crippen LogP contribution in [0.25, 0.3) is 0 Å². The highest BCUT2D eigenvalue weighted by atomic mass is 79.9. The number of nitrogens with one attached hydrogen (secondary N) is 1. The third kappa shape index (κ3) is 5.14. The molecular weight excluding hydrogens is 370 g/mol. The number of ether oxygens (including phenoxy) is 3. The van der Waals surface area contributed by atoms with Gasteiger partial charge in [-0.15, -0.1) is 0 Å². The minimum atomic E-state index is 0.613. The lowest BCUT2D eigenvalue weighted by atomic mass is 10.1. The largest absolute Gasteiger partial charge is 0.497 e. The normalized spacial score (nSPS) is 10.5. The lowest BCUT2D eigenvalue weighted by Crippen LogP contribution is -2.17. The summed E-state index contributed by atoms with van der Waals surface area (Å²) in [5.41, 5.74) is 2.43. The predicted octanol–water partition coefficient (Wildman–Crippen LogP) is 4.20. The molecule has 2 aromatic carbocycles. The number of hydrogen-bond donors (Lipinski definition) is 1. The molecule has 0 bridgehead atoms. The zero-order chi connectivity index (χ0) is 17.4. The molecule has 1 N–H and O–H groups in total. The van der Waals surface area contributed by atoms with Gasteiger partial charge in [0.05, 0.1) is 20.8 Å². The Morgan fingerprint density at radius 3 is 2.38 bits per heavy atom. The fourth-order valence-corrected chi connectivity index (χ4v) is 2.85. The van der Waals surface area contributed by atoms with Crippen LogP contribution < -0.4 is 19.5 Å². The van der Waals surface area contributed by atoms with Crippen LogP contribution >= 0.6 is 15.9 Å². The van der Waals surface area contributed by atoms with Crippen molar-refractivity contribution in [1.82, 2.24) is 5.32 Å². The maximum Gasteiger partial charge on any atom is 0.162 e. The van der Waals surface area contributed by atoms with Gasteiger partial charge in [-0.05, 0) is 55.3 Å². The van der Waals surface area contributed by atoms with E-state index in [-0.39, 0.29) is 0 Å². The van der Waals surface area contributed by atoms with Gasteiger partial charge in [0.15, 0.2) is 11.5 Å². The third-order valence-corrected chi connectivity index (χ3v) is 4.44. The fourth-order valence-electron chi connectivity index (χ4n) is 2.39. The Balaban J connectivity index is 1.89. The summed E-state index contributed by atoms with van der Waals surface area (Å²) in [6, 6.07) is 12.1. The van der Waals surface area contributed by atoms with Crippen molar-refractivity contribution >= 4 is 15.9 Å². The molecule has 0 radical (unpaired) electrons. The Morgan fingerprint density at radius 2 is 1.75 bits per heavy atom. The van der Waals surface area contributed by atoms with E-state index in [1.807, 2.05) is 31.2 Å². The average Bonchev–Trinajstić information content (AvgIpc) is 2.61. The molecule has 4 nitrogen and oxygen atoms in total. The summed E-state index contributed by atoms with van der Waals surface area (Å²) in [5, 5.41) is 3.46. The smallest absolute Gasteiger partial charge is 0.162 e. The number of methoxy groups -OCH3 is 2. The summed E-state index contributed by atoms with van der Waals surface area (Å²) in [7, 11) is 3.34. The molecule has 5 heteroatoms. The van der Waals surface area contributed by atoms with Gasteiger partial charge in [0.25, 0.3) is 0 Å². The average molecular weight is 394 g/mol. The zero-order valence-electron chi connectivity index (χ0n) is 14.4.